The Kier molecular flexibility index (Phi) is 7.29. The van der Waals surface area contributed by atoms with Crippen LogP contribution in [-0.4, -0.2) is 31.1 Å². The van der Waals surface area contributed by atoms with Gasteiger partial charge in [-0.3, -0.25) is 9.59 Å². The van der Waals surface area contributed by atoms with Gasteiger partial charge < -0.3 is 11.1 Å². The molecule has 0 heterocycles. The van der Waals surface area contributed by atoms with Crippen molar-refractivity contribution in [2.24, 2.45) is 5.73 Å². The van der Waals surface area contributed by atoms with Gasteiger partial charge in [-0.05, 0) is 66.6 Å². The highest BCUT2D eigenvalue weighted by molar-refractivity contribution is 7.89. The van der Waals surface area contributed by atoms with Gasteiger partial charge >= 0.3 is 0 Å². The predicted molar refractivity (Wildman–Crippen MR) is 124 cm³/mol. The average molecular weight is 472 g/mol. The number of hydrogen-bond donors (Lipinski definition) is 2. The van der Waals surface area contributed by atoms with Gasteiger partial charge in [0.2, 0.25) is 21.8 Å². The third-order valence-corrected chi connectivity index (χ3v) is 6.89. The smallest absolute Gasteiger partial charge is 0.248 e. The van der Waals surface area contributed by atoms with E-state index in [1.165, 1.54) is 48.5 Å². The number of amides is 2. The number of primary amides is 1. The number of aryl methyl sites for hydroxylation is 1. The van der Waals surface area contributed by atoms with Gasteiger partial charge in [-0.2, -0.15) is 4.31 Å². The van der Waals surface area contributed by atoms with E-state index in [9.17, 15) is 18.0 Å². The SMILES string of the molecule is Cc1ccccc1CN(CC(=O)Nc1ccc(C(N)=O)cc1)S(=O)(=O)c1ccc(Cl)cc1. The number of benzene rings is 3. The van der Waals surface area contributed by atoms with Crippen LogP contribution in [0, 0.1) is 6.92 Å². The molecule has 2 amide bonds. The van der Waals surface area contributed by atoms with Crippen LogP contribution in [0.5, 0.6) is 0 Å². The Balaban J connectivity index is 1.86. The second-order valence-corrected chi connectivity index (χ2v) is 9.52. The molecule has 0 atom stereocenters. The summed E-state index contributed by atoms with van der Waals surface area (Å²) in [6.07, 6.45) is 0. The Bertz CT molecular complexity index is 1230. The third-order valence-electron chi connectivity index (χ3n) is 4.83. The van der Waals surface area contributed by atoms with Gasteiger partial charge in [0.1, 0.15) is 0 Å². The molecule has 0 aliphatic carbocycles. The van der Waals surface area contributed by atoms with Crippen LogP contribution in [0.25, 0.3) is 0 Å². The second kappa shape index (κ2) is 9.95. The maximum Gasteiger partial charge on any atom is 0.248 e. The quantitative estimate of drug-likeness (QED) is 0.523. The van der Waals surface area contributed by atoms with Gasteiger partial charge in [0, 0.05) is 22.8 Å². The summed E-state index contributed by atoms with van der Waals surface area (Å²) in [5.74, 6) is -1.11. The zero-order valence-electron chi connectivity index (χ0n) is 17.3. The minimum atomic E-state index is -3.99. The molecule has 0 saturated carbocycles. The van der Waals surface area contributed by atoms with Crippen LogP contribution in [0.2, 0.25) is 5.02 Å². The lowest BCUT2D eigenvalue weighted by molar-refractivity contribution is -0.116. The van der Waals surface area contributed by atoms with Crippen molar-refractivity contribution in [1.82, 2.24) is 4.31 Å². The van der Waals surface area contributed by atoms with Crippen molar-refractivity contribution in [3.05, 3.63) is 94.5 Å². The lowest BCUT2D eigenvalue weighted by Crippen LogP contribution is -2.37. The molecule has 3 aromatic carbocycles. The zero-order chi connectivity index (χ0) is 23.3. The molecule has 0 spiro atoms. The van der Waals surface area contributed by atoms with Gasteiger partial charge in [-0.15, -0.1) is 0 Å². The Morgan fingerprint density at radius 1 is 0.969 bits per heavy atom. The first kappa shape index (κ1) is 23.5. The molecule has 0 aliphatic rings. The molecule has 0 aromatic heterocycles. The van der Waals surface area contributed by atoms with E-state index < -0.39 is 28.4 Å². The maximum absolute atomic E-state index is 13.3. The number of nitrogens with one attached hydrogen (secondary N) is 1. The normalized spacial score (nSPS) is 11.3. The van der Waals surface area contributed by atoms with E-state index in [0.29, 0.717) is 16.3 Å². The minimum Gasteiger partial charge on any atom is -0.366 e. The molecule has 9 heteroatoms. The molecule has 0 radical (unpaired) electrons. The summed E-state index contributed by atoms with van der Waals surface area (Å²) in [7, 11) is -3.99. The molecule has 0 fully saturated rings. The minimum absolute atomic E-state index is 0.0195. The Hall–Kier alpha value is -3.20. The van der Waals surface area contributed by atoms with Gasteiger partial charge in [0.25, 0.3) is 0 Å². The van der Waals surface area contributed by atoms with Crippen molar-refractivity contribution >= 4 is 39.1 Å². The Morgan fingerprint density at radius 3 is 2.19 bits per heavy atom. The molecule has 32 heavy (non-hydrogen) atoms. The van der Waals surface area contributed by atoms with Crippen molar-refractivity contribution in [3.63, 3.8) is 0 Å². The van der Waals surface area contributed by atoms with E-state index in [0.717, 1.165) is 15.4 Å². The van der Waals surface area contributed by atoms with Crippen LogP contribution in [0.3, 0.4) is 0 Å². The molecule has 3 aromatic rings. The number of sulfonamides is 1. The highest BCUT2D eigenvalue weighted by Crippen LogP contribution is 2.22. The number of carbonyl (C=O) groups excluding carboxylic acids is 2. The first-order chi connectivity index (χ1) is 15.2. The summed E-state index contributed by atoms with van der Waals surface area (Å²) < 4.78 is 27.8. The monoisotopic (exact) mass is 471 g/mol. The summed E-state index contributed by atoms with van der Waals surface area (Å²) in [6.45, 7) is 1.49. The fourth-order valence-electron chi connectivity index (χ4n) is 3.04. The summed E-state index contributed by atoms with van der Waals surface area (Å²) in [6, 6.07) is 19.2. The van der Waals surface area contributed by atoms with Gasteiger partial charge in [0.15, 0.2) is 0 Å². The van der Waals surface area contributed by atoms with Crippen molar-refractivity contribution in [3.8, 4) is 0 Å². The average Bonchev–Trinajstić information content (AvgIpc) is 2.75. The highest BCUT2D eigenvalue weighted by atomic mass is 35.5. The first-order valence-electron chi connectivity index (χ1n) is 9.67. The topological polar surface area (TPSA) is 110 Å². The van der Waals surface area contributed by atoms with Crippen LogP contribution in [0.1, 0.15) is 21.5 Å². The third kappa shape index (κ3) is 5.73. The molecule has 3 rings (SSSR count). The van der Waals surface area contributed by atoms with Crippen molar-refractivity contribution < 1.29 is 18.0 Å². The van der Waals surface area contributed by atoms with E-state index in [-0.39, 0.29) is 11.4 Å². The van der Waals surface area contributed by atoms with Crippen molar-refractivity contribution in [2.75, 3.05) is 11.9 Å². The fraction of sp³-hybridized carbons (Fsp3) is 0.130. The molecule has 0 unspecified atom stereocenters. The number of nitrogens with zero attached hydrogens (tertiary/aromatic N) is 1. The molecule has 3 N–H and O–H groups in total. The van der Waals surface area contributed by atoms with Gasteiger partial charge in [-0.1, -0.05) is 35.9 Å². The van der Waals surface area contributed by atoms with Crippen LogP contribution in [-0.2, 0) is 21.4 Å². The van der Waals surface area contributed by atoms with E-state index in [1.807, 2.05) is 31.2 Å². The molecule has 7 nitrogen and oxygen atoms in total. The number of halogens is 1. The van der Waals surface area contributed by atoms with E-state index >= 15 is 0 Å². The van der Waals surface area contributed by atoms with Gasteiger partial charge in [-0.25, -0.2) is 8.42 Å². The first-order valence-corrected chi connectivity index (χ1v) is 11.5. The van der Waals surface area contributed by atoms with Gasteiger partial charge in [0.05, 0.1) is 11.4 Å². The van der Waals surface area contributed by atoms with E-state index in [2.05, 4.69) is 5.32 Å². The number of carbonyl (C=O) groups is 2. The van der Waals surface area contributed by atoms with Crippen molar-refractivity contribution in [1.29, 1.82) is 0 Å². The Labute approximate surface area is 191 Å². The lowest BCUT2D eigenvalue weighted by Gasteiger charge is -2.23. The summed E-state index contributed by atoms with van der Waals surface area (Å²) in [5.41, 5.74) is 7.63. The molecular formula is C23H22ClN3O4S. The van der Waals surface area contributed by atoms with E-state index in [4.69, 9.17) is 17.3 Å². The zero-order valence-corrected chi connectivity index (χ0v) is 18.9. The van der Waals surface area contributed by atoms with Crippen LogP contribution in [0.4, 0.5) is 5.69 Å². The van der Waals surface area contributed by atoms with Crippen LogP contribution in [0.15, 0.2) is 77.7 Å². The second-order valence-electron chi connectivity index (χ2n) is 7.14. The molecule has 0 bridgehead atoms. The highest BCUT2D eigenvalue weighted by Gasteiger charge is 2.27. The van der Waals surface area contributed by atoms with Crippen LogP contribution >= 0.6 is 11.6 Å². The van der Waals surface area contributed by atoms with E-state index in [1.54, 1.807) is 0 Å². The summed E-state index contributed by atoms with van der Waals surface area (Å²) >= 11 is 5.90. The number of nitrogens with two attached hydrogens (primary N) is 1. The maximum atomic E-state index is 13.3. The number of anilines is 1. The summed E-state index contributed by atoms with van der Waals surface area (Å²) in [5, 5.41) is 3.06. The fourth-order valence-corrected chi connectivity index (χ4v) is 4.54. The van der Waals surface area contributed by atoms with Crippen molar-refractivity contribution in [2.45, 2.75) is 18.4 Å². The standard InChI is InChI=1S/C23H22ClN3O4S/c1-16-4-2-3-5-18(16)14-27(32(30,31)21-12-8-19(24)9-13-21)15-22(28)26-20-10-6-17(7-11-20)23(25)29/h2-13H,14-15H2,1H3,(H2,25,29)(H,26,28). The van der Waals surface area contributed by atoms with Crippen LogP contribution < -0.4 is 11.1 Å². The molecule has 0 saturated heterocycles. The number of rotatable bonds is 8. The molecule has 0 aliphatic heterocycles. The number of hydrogen-bond acceptors (Lipinski definition) is 4. The lowest BCUT2D eigenvalue weighted by atomic mass is 10.1. The molecule has 166 valence electrons. The predicted octanol–water partition coefficient (Wildman–Crippen LogP) is 3.58. The summed E-state index contributed by atoms with van der Waals surface area (Å²) in [4.78, 5) is 24.0. The largest absolute Gasteiger partial charge is 0.366 e. The Morgan fingerprint density at radius 2 is 1.59 bits per heavy atom. The molecular weight excluding hydrogens is 450 g/mol.